The summed E-state index contributed by atoms with van der Waals surface area (Å²) in [6.45, 7) is 4.22. The molecule has 0 bridgehead atoms. The van der Waals surface area contributed by atoms with E-state index in [1.165, 1.54) is 29.0 Å². The molecule has 2 aromatic rings. The van der Waals surface area contributed by atoms with Gasteiger partial charge < -0.3 is 10.2 Å². The van der Waals surface area contributed by atoms with E-state index in [-0.39, 0.29) is 0 Å². The third-order valence-corrected chi connectivity index (χ3v) is 4.24. The Bertz CT molecular complexity index is 517. The first-order chi connectivity index (χ1) is 9.70. The monoisotopic (exact) mass is 289 g/mol. The summed E-state index contributed by atoms with van der Waals surface area (Å²) in [6.07, 6.45) is 4.45. The third-order valence-electron chi connectivity index (χ3n) is 3.19. The predicted molar refractivity (Wildman–Crippen MR) is 88.5 cm³/mol. The van der Waals surface area contributed by atoms with Gasteiger partial charge in [0.1, 0.15) is 5.01 Å². The van der Waals surface area contributed by atoms with Gasteiger partial charge in [-0.25, -0.2) is 4.98 Å². The zero-order chi connectivity index (χ0) is 14.4. The van der Waals surface area contributed by atoms with Gasteiger partial charge in [0, 0.05) is 43.0 Å². The van der Waals surface area contributed by atoms with Gasteiger partial charge >= 0.3 is 0 Å². The maximum absolute atomic E-state index is 4.52. The van der Waals surface area contributed by atoms with Crippen molar-refractivity contribution in [3.05, 3.63) is 35.3 Å². The molecule has 0 saturated carbocycles. The summed E-state index contributed by atoms with van der Waals surface area (Å²) < 4.78 is 0. The molecule has 0 unspecified atom stereocenters. The van der Waals surface area contributed by atoms with Gasteiger partial charge in [-0.15, -0.1) is 11.3 Å². The lowest BCUT2D eigenvalue weighted by atomic mass is 10.2. The fraction of sp³-hybridized carbons (Fsp3) is 0.438. The standard InChI is InChI=1S/C16H23N3S/c1-4-5-10-17-11-15-12-18-16(20-15)13-6-8-14(9-7-13)19(2)3/h6-9,12,17H,4-5,10-11H2,1-3H3. The van der Waals surface area contributed by atoms with E-state index in [1.807, 2.05) is 6.20 Å². The highest BCUT2D eigenvalue weighted by atomic mass is 32.1. The largest absolute Gasteiger partial charge is 0.378 e. The minimum Gasteiger partial charge on any atom is -0.378 e. The van der Waals surface area contributed by atoms with Crippen molar-refractivity contribution in [1.29, 1.82) is 0 Å². The van der Waals surface area contributed by atoms with Crippen molar-refractivity contribution in [2.75, 3.05) is 25.5 Å². The van der Waals surface area contributed by atoms with Crippen molar-refractivity contribution in [3.63, 3.8) is 0 Å². The molecule has 0 saturated heterocycles. The highest BCUT2D eigenvalue weighted by molar-refractivity contribution is 7.15. The van der Waals surface area contributed by atoms with Crippen molar-refractivity contribution in [2.24, 2.45) is 0 Å². The van der Waals surface area contributed by atoms with E-state index in [1.54, 1.807) is 11.3 Å². The summed E-state index contributed by atoms with van der Waals surface area (Å²) in [7, 11) is 4.11. The second kappa shape index (κ2) is 7.41. The average molecular weight is 289 g/mol. The Balaban J connectivity index is 1.97. The zero-order valence-corrected chi connectivity index (χ0v) is 13.3. The fourth-order valence-corrected chi connectivity index (χ4v) is 2.83. The van der Waals surface area contributed by atoms with Gasteiger partial charge in [-0.3, -0.25) is 0 Å². The second-order valence-corrected chi connectivity index (χ2v) is 6.22. The molecular weight excluding hydrogens is 266 g/mol. The molecule has 1 N–H and O–H groups in total. The molecule has 0 radical (unpaired) electrons. The summed E-state index contributed by atoms with van der Waals surface area (Å²) in [5.41, 5.74) is 2.41. The van der Waals surface area contributed by atoms with E-state index < -0.39 is 0 Å². The van der Waals surface area contributed by atoms with E-state index in [0.717, 1.165) is 18.1 Å². The topological polar surface area (TPSA) is 28.2 Å². The highest BCUT2D eigenvalue weighted by Gasteiger charge is 2.05. The quantitative estimate of drug-likeness (QED) is 0.787. The van der Waals surface area contributed by atoms with E-state index in [4.69, 9.17) is 0 Å². The molecule has 0 aliphatic rings. The number of benzene rings is 1. The number of nitrogens with zero attached hydrogens (tertiary/aromatic N) is 2. The average Bonchev–Trinajstić information content (AvgIpc) is 2.92. The molecule has 0 atom stereocenters. The summed E-state index contributed by atoms with van der Waals surface area (Å²) >= 11 is 1.77. The van der Waals surface area contributed by atoms with Crippen LogP contribution in [0.1, 0.15) is 24.6 Å². The van der Waals surface area contributed by atoms with E-state index in [0.29, 0.717) is 0 Å². The molecule has 1 aromatic heterocycles. The van der Waals surface area contributed by atoms with Gasteiger partial charge in [0.2, 0.25) is 0 Å². The Kier molecular flexibility index (Phi) is 5.56. The first-order valence-corrected chi connectivity index (χ1v) is 7.95. The lowest BCUT2D eigenvalue weighted by Gasteiger charge is -2.11. The predicted octanol–water partition coefficient (Wildman–Crippen LogP) is 3.77. The second-order valence-electron chi connectivity index (χ2n) is 5.10. The Morgan fingerprint density at radius 3 is 2.60 bits per heavy atom. The van der Waals surface area contributed by atoms with Crippen molar-refractivity contribution in [2.45, 2.75) is 26.3 Å². The SMILES string of the molecule is CCCCNCc1cnc(-c2ccc(N(C)C)cc2)s1. The molecule has 0 aliphatic heterocycles. The first kappa shape index (κ1) is 15.0. The van der Waals surface area contributed by atoms with Crippen LogP contribution in [0, 0.1) is 0 Å². The molecule has 4 heteroatoms. The van der Waals surface area contributed by atoms with Crippen LogP contribution < -0.4 is 10.2 Å². The molecule has 1 aromatic carbocycles. The minimum atomic E-state index is 0.924. The Hall–Kier alpha value is -1.39. The van der Waals surface area contributed by atoms with E-state index in [2.05, 4.69) is 60.5 Å². The Labute approximate surface area is 125 Å². The van der Waals surface area contributed by atoms with Crippen LogP contribution in [0.4, 0.5) is 5.69 Å². The molecule has 0 aliphatic carbocycles. The summed E-state index contributed by atoms with van der Waals surface area (Å²) in [5.74, 6) is 0. The van der Waals surface area contributed by atoms with Crippen LogP contribution in [0.3, 0.4) is 0 Å². The van der Waals surface area contributed by atoms with Gasteiger partial charge in [-0.05, 0) is 37.2 Å². The zero-order valence-electron chi connectivity index (χ0n) is 12.5. The molecular formula is C16H23N3S. The lowest BCUT2D eigenvalue weighted by molar-refractivity contribution is 0.645. The number of aromatic nitrogens is 1. The maximum atomic E-state index is 4.52. The van der Waals surface area contributed by atoms with Crippen LogP contribution in [0.5, 0.6) is 0 Å². The van der Waals surface area contributed by atoms with Gasteiger partial charge in [-0.2, -0.15) is 0 Å². The summed E-state index contributed by atoms with van der Waals surface area (Å²) in [6, 6.07) is 8.55. The smallest absolute Gasteiger partial charge is 0.123 e. The van der Waals surface area contributed by atoms with Crippen LogP contribution >= 0.6 is 11.3 Å². The third kappa shape index (κ3) is 4.05. The molecule has 0 spiro atoms. The summed E-state index contributed by atoms with van der Waals surface area (Å²) in [5, 5.41) is 4.55. The van der Waals surface area contributed by atoms with Gasteiger partial charge in [0.05, 0.1) is 0 Å². The first-order valence-electron chi connectivity index (χ1n) is 7.14. The van der Waals surface area contributed by atoms with Crippen LogP contribution in [-0.2, 0) is 6.54 Å². The van der Waals surface area contributed by atoms with Gasteiger partial charge in [0.25, 0.3) is 0 Å². The number of thiazole rings is 1. The number of hydrogen-bond donors (Lipinski definition) is 1. The number of anilines is 1. The Morgan fingerprint density at radius 1 is 1.20 bits per heavy atom. The van der Waals surface area contributed by atoms with Crippen LogP contribution in [0.15, 0.2) is 30.5 Å². The number of rotatable bonds is 7. The normalized spacial score (nSPS) is 10.8. The highest BCUT2D eigenvalue weighted by Crippen LogP contribution is 2.26. The summed E-state index contributed by atoms with van der Waals surface area (Å²) in [4.78, 5) is 7.93. The maximum Gasteiger partial charge on any atom is 0.123 e. The number of nitrogens with one attached hydrogen (secondary N) is 1. The minimum absolute atomic E-state index is 0.924. The van der Waals surface area contributed by atoms with Crippen molar-refractivity contribution < 1.29 is 0 Å². The number of unbranched alkanes of at least 4 members (excludes halogenated alkanes) is 1. The van der Waals surface area contributed by atoms with E-state index in [9.17, 15) is 0 Å². The molecule has 0 fully saturated rings. The molecule has 20 heavy (non-hydrogen) atoms. The van der Waals surface area contributed by atoms with Crippen LogP contribution in [0.2, 0.25) is 0 Å². The molecule has 1 heterocycles. The van der Waals surface area contributed by atoms with Crippen LogP contribution in [0.25, 0.3) is 10.6 Å². The molecule has 3 nitrogen and oxygen atoms in total. The molecule has 2 rings (SSSR count). The lowest BCUT2D eigenvalue weighted by Crippen LogP contribution is -2.13. The van der Waals surface area contributed by atoms with Crippen molar-refractivity contribution >= 4 is 17.0 Å². The van der Waals surface area contributed by atoms with Crippen LogP contribution in [-0.4, -0.2) is 25.6 Å². The van der Waals surface area contributed by atoms with E-state index >= 15 is 0 Å². The Morgan fingerprint density at radius 2 is 1.95 bits per heavy atom. The van der Waals surface area contributed by atoms with Crippen molar-refractivity contribution in [1.82, 2.24) is 10.3 Å². The number of hydrogen-bond acceptors (Lipinski definition) is 4. The fourth-order valence-electron chi connectivity index (χ4n) is 1.94. The van der Waals surface area contributed by atoms with Crippen molar-refractivity contribution in [3.8, 4) is 10.6 Å². The van der Waals surface area contributed by atoms with Gasteiger partial charge in [-0.1, -0.05) is 13.3 Å². The van der Waals surface area contributed by atoms with Gasteiger partial charge in [0.15, 0.2) is 0 Å². The molecule has 0 amide bonds. The molecule has 108 valence electrons.